The minimum atomic E-state index is -0.707. The molecule has 210 valence electrons. The first-order valence-electron chi connectivity index (χ1n) is 13.1. The Bertz CT molecular complexity index is 606. The molecule has 36 heavy (non-hydrogen) atoms. The van der Waals surface area contributed by atoms with Crippen LogP contribution in [0, 0.1) is 0 Å². The van der Waals surface area contributed by atoms with Gasteiger partial charge in [0.05, 0.1) is 52.5 Å². The van der Waals surface area contributed by atoms with Gasteiger partial charge in [-0.05, 0) is 20.3 Å². The lowest BCUT2D eigenvalue weighted by Gasteiger charge is -2.25. The monoisotopic (exact) mass is 518 g/mol. The fourth-order valence-electron chi connectivity index (χ4n) is 3.75. The van der Waals surface area contributed by atoms with E-state index in [1.807, 2.05) is 13.8 Å². The first-order valence-corrected chi connectivity index (χ1v) is 13.1. The van der Waals surface area contributed by atoms with Crippen molar-refractivity contribution < 1.29 is 47.6 Å². The van der Waals surface area contributed by atoms with E-state index < -0.39 is 17.5 Å². The molecular weight excluding hydrogens is 472 g/mol. The van der Waals surface area contributed by atoms with Gasteiger partial charge in [0.2, 0.25) is 0 Å². The van der Waals surface area contributed by atoms with Gasteiger partial charge in [-0.1, -0.05) is 33.6 Å². The lowest BCUT2D eigenvalue weighted by molar-refractivity contribution is -0.185. The summed E-state index contributed by atoms with van der Waals surface area (Å²) >= 11 is 0. The van der Waals surface area contributed by atoms with Gasteiger partial charge >= 0.3 is 11.9 Å². The minimum absolute atomic E-state index is 0.0362. The Hall–Kier alpha value is -1.88. The number of aldehydes is 1. The summed E-state index contributed by atoms with van der Waals surface area (Å²) in [5, 5.41) is 0. The van der Waals surface area contributed by atoms with Crippen LogP contribution in [0.4, 0.5) is 0 Å². The molecule has 0 N–H and O–H groups in total. The highest BCUT2D eigenvalue weighted by atomic mass is 16.7. The van der Waals surface area contributed by atoms with Crippen LogP contribution < -0.4 is 0 Å². The van der Waals surface area contributed by atoms with Gasteiger partial charge in [0.25, 0.3) is 0 Å². The lowest BCUT2D eigenvalue weighted by atomic mass is 10.1. The summed E-state index contributed by atoms with van der Waals surface area (Å²) in [4.78, 5) is 43.1. The van der Waals surface area contributed by atoms with E-state index in [0.717, 1.165) is 38.4 Å². The van der Waals surface area contributed by atoms with Crippen molar-refractivity contribution in [2.24, 2.45) is 0 Å². The number of esters is 2. The van der Waals surface area contributed by atoms with E-state index in [1.54, 1.807) is 13.8 Å². The fraction of sp³-hybridized carbons (Fsp3) is 0.846. The fourth-order valence-corrected chi connectivity index (χ4v) is 3.75. The zero-order chi connectivity index (χ0) is 27.3. The molecule has 0 amide bonds. The molecule has 0 radical (unpaired) electrons. The van der Waals surface area contributed by atoms with Crippen molar-refractivity contribution in [3.8, 4) is 0 Å². The average molecular weight is 519 g/mol. The molecule has 10 heteroatoms. The SMILES string of the molecule is CCCC(=O)CC(=O)OCC.CCCC1(CC(=O)OCC)OCCO1.CCCC1(CC=O)OCCO1. The smallest absolute Gasteiger partial charge is 0.313 e. The van der Waals surface area contributed by atoms with Crippen LogP contribution in [-0.2, 0) is 47.6 Å². The van der Waals surface area contributed by atoms with E-state index >= 15 is 0 Å². The lowest BCUT2D eigenvalue weighted by Crippen LogP contribution is -2.33. The summed E-state index contributed by atoms with van der Waals surface area (Å²) in [6.07, 6.45) is 6.08. The van der Waals surface area contributed by atoms with Crippen molar-refractivity contribution in [3.05, 3.63) is 0 Å². The van der Waals surface area contributed by atoms with Crippen LogP contribution in [0.1, 0.15) is 92.4 Å². The zero-order valence-corrected chi connectivity index (χ0v) is 22.8. The molecule has 2 heterocycles. The van der Waals surface area contributed by atoms with E-state index in [9.17, 15) is 19.2 Å². The number of Topliss-reactive ketones (excluding diaryl/α,β-unsaturated/α-hetero) is 1. The molecule has 2 aliphatic heterocycles. The average Bonchev–Trinajstić information content (AvgIpc) is 3.46. The second-order valence-corrected chi connectivity index (χ2v) is 8.34. The summed E-state index contributed by atoms with van der Waals surface area (Å²) in [6.45, 7) is 12.6. The van der Waals surface area contributed by atoms with Crippen molar-refractivity contribution >= 4 is 24.0 Å². The maximum atomic E-state index is 11.3. The van der Waals surface area contributed by atoms with Gasteiger partial charge in [0, 0.05) is 19.3 Å². The predicted octanol–water partition coefficient (Wildman–Crippen LogP) is 3.91. The molecule has 0 aliphatic carbocycles. The summed E-state index contributed by atoms with van der Waals surface area (Å²) in [7, 11) is 0. The molecule has 0 spiro atoms. The number of rotatable bonds is 14. The summed E-state index contributed by atoms with van der Waals surface area (Å²) in [6, 6.07) is 0. The topological polar surface area (TPSA) is 124 Å². The summed E-state index contributed by atoms with van der Waals surface area (Å²) in [5.74, 6) is -1.97. The molecule has 2 rings (SSSR count). The second-order valence-electron chi connectivity index (χ2n) is 8.34. The molecule has 0 saturated carbocycles. The van der Waals surface area contributed by atoms with E-state index in [2.05, 4.69) is 11.7 Å². The molecule has 0 bridgehead atoms. The highest BCUT2D eigenvalue weighted by Gasteiger charge is 2.38. The number of hydrogen-bond donors (Lipinski definition) is 0. The predicted molar refractivity (Wildman–Crippen MR) is 132 cm³/mol. The number of carbonyl (C=O) groups excluding carboxylic acids is 4. The summed E-state index contributed by atoms with van der Waals surface area (Å²) in [5.41, 5.74) is 0. The Morgan fingerprint density at radius 1 is 0.722 bits per heavy atom. The van der Waals surface area contributed by atoms with Crippen LogP contribution in [0.3, 0.4) is 0 Å². The van der Waals surface area contributed by atoms with Gasteiger partial charge in [0.1, 0.15) is 18.5 Å². The van der Waals surface area contributed by atoms with Crippen molar-refractivity contribution in [1.29, 1.82) is 0 Å². The van der Waals surface area contributed by atoms with Crippen LogP contribution in [0.5, 0.6) is 0 Å². The standard InChI is InChI=1S/C10H18O4.2C8H14O3/c1-3-5-10(13-6-7-14-10)8-9(11)12-4-2;1-2-3-8(4-5-9)10-6-7-11-8;1-3-5-7(9)6-8(10)11-4-2/h3-8H2,1-2H3;5H,2-4,6-7H2,1H3;3-6H2,1-2H3. The number of ketones is 1. The number of hydrogen-bond acceptors (Lipinski definition) is 10. The highest BCUT2D eigenvalue weighted by Crippen LogP contribution is 2.29. The van der Waals surface area contributed by atoms with Crippen LogP contribution in [0.2, 0.25) is 0 Å². The first kappa shape index (κ1) is 34.1. The Morgan fingerprint density at radius 2 is 1.19 bits per heavy atom. The molecule has 10 nitrogen and oxygen atoms in total. The van der Waals surface area contributed by atoms with Crippen molar-refractivity contribution in [2.45, 2.75) is 104 Å². The van der Waals surface area contributed by atoms with Gasteiger partial charge in [-0.25, -0.2) is 0 Å². The molecular formula is C26H46O10. The maximum absolute atomic E-state index is 11.3. The molecule has 0 aromatic carbocycles. The van der Waals surface area contributed by atoms with Gasteiger partial charge in [0.15, 0.2) is 11.6 Å². The van der Waals surface area contributed by atoms with Gasteiger partial charge in [-0.3, -0.25) is 14.4 Å². The molecule has 2 fully saturated rings. The molecule has 0 atom stereocenters. The number of ether oxygens (including phenoxy) is 6. The summed E-state index contributed by atoms with van der Waals surface area (Å²) < 4.78 is 31.2. The van der Waals surface area contributed by atoms with E-state index in [-0.39, 0.29) is 24.6 Å². The highest BCUT2D eigenvalue weighted by molar-refractivity contribution is 5.95. The Balaban J connectivity index is 0.000000517. The van der Waals surface area contributed by atoms with Gasteiger partial charge in [-0.15, -0.1) is 0 Å². The van der Waals surface area contributed by atoms with Crippen LogP contribution in [-0.4, -0.2) is 75.2 Å². The Morgan fingerprint density at radius 3 is 1.64 bits per heavy atom. The quantitative estimate of drug-likeness (QED) is 0.190. The third-order valence-corrected chi connectivity index (χ3v) is 5.18. The van der Waals surface area contributed by atoms with E-state index in [4.69, 9.17) is 23.7 Å². The molecule has 2 aliphatic rings. The molecule has 0 aromatic rings. The van der Waals surface area contributed by atoms with Crippen molar-refractivity contribution in [3.63, 3.8) is 0 Å². The maximum Gasteiger partial charge on any atom is 0.313 e. The van der Waals surface area contributed by atoms with E-state index in [0.29, 0.717) is 52.5 Å². The largest absolute Gasteiger partial charge is 0.466 e. The van der Waals surface area contributed by atoms with Crippen molar-refractivity contribution in [1.82, 2.24) is 0 Å². The molecule has 0 unspecified atom stereocenters. The molecule has 0 aromatic heterocycles. The second kappa shape index (κ2) is 20.2. The third kappa shape index (κ3) is 14.6. The third-order valence-electron chi connectivity index (χ3n) is 5.18. The Kier molecular flexibility index (Phi) is 19.2. The van der Waals surface area contributed by atoms with Crippen LogP contribution in [0.25, 0.3) is 0 Å². The van der Waals surface area contributed by atoms with Crippen LogP contribution in [0.15, 0.2) is 0 Å². The zero-order valence-electron chi connectivity index (χ0n) is 22.8. The Labute approximate surface area is 215 Å². The first-order chi connectivity index (χ1) is 17.3. The van der Waals surface area contributed by atoms with Crippen LogP contribution >= 0.6 is 0 Å². The van der Waals surface area contributed by atoms with Gasteiger partial charge < -0.3 is 33.2 Å². The van der Waals surface area contributed by atoms with Crippen molar-refractivity contribution in [2.75, 3.05) is 39.6 Å². The van der Waals surface area contributed by atoms with Gasteiger partial charge in [-0.2, -0.15) is 0 Å². The van der Waals surface area contributed by atoms with E-state index in [1.165, 1.54) is 0 Å². The molecule has 2 saturated heterocycles. The minimum Gasteiger partial charge on any atom is -0.466 e. The number of carbonyl (C=O) groups is 4. The normalized spacial score (nSPS) is 17.1.